The lowest BCUT2D eigenvalue weighted by Crippen LogP contribution is -2.41. The van der Waals surface area contributed by atoms with Crippen LogP contribution in [0.15, 0.2) is 18.2 Å². The largest absolute Gasteiger partial charge is 0.381 e. The van der Waals surface area contributed by atoms with Crippen LogP contribution in [0.3, 0.4) is 0 Å². The van der Waals surface area contributed by atoms with Crippen molar-refractivity contribution in [3.8, 4) is 0 Å². The Morgan fingerprint density at radius 3 is 2.95 bits per heavy atom. The molecular formula is C18H22N2O2. The fourth-order valence-corrected chi connectivity index (χ4v) is 3.73. The molecule has 2 aromatic rings. The highest BCUT2D eigenvalue weighted by Crippen LogP contribution is 2.30. The number of amides is 1. The monoisotopic (exact) mass is 298 g/mol. The summed E-state index contributed by atoms with van der Waals surface area (Å²) >= 11 is 0. The van der Waals surface area contributed by atoms with Crippen LogP contribution in [0.25, 0.3) is 10.9 Å². The first kappa shape index (κ1) is 13.8. The van der Waals surface area contributed by atoms with Crippen molar-refractivity contribution in [1.82, 2.24) is 9.88 Å². The number of aromatic nitrogens is 1. The van der Waals surface area contributed by atoms with Gasteiger partial charge in [0.25, 0.3) is 0 Å². The summed E-state index contributed by atoms with van der Waals surface area (Å²) in [5.74, 6) is 0.471. The summed E-state index contributed by atoms with van der Waals surface area (Å²) in [5.41, 5.74) is 5.07. The molecule has 2 aliphatic heterocycles. The fraction of sp³-hybridized carbons (Fsp3) is 0.500. The van der Waals surface area contributed by atoms with E-state index in [2.05, 4.69) is 30.1 Å². The molecule has 3 heterocycles. The standard InChI is InChI=1S/C18H22N2O2/c1-12-2-3-14-15-11-20(7-4-16(15)19-17(14)10-12)18(21)13-5-8-22-9-6-13/h2-3,10,13,19H,4-9,11H2,1H3. The van der Waals surface area contributed by atoms with Crippen molar-refractivity contribution in [1.29, 1.82) is 0 Å². The topological polar surface area (TPSA) is 45.3 Å². The van der Waals surface area contributed by atoms with Crippen molar-refractivity contribution < 1.29 is 9.53 Å². The van der Waals surface area contributed by atoms with Crippen molar-refractivity contribution in [2.75, 3.05) is 19.8 Å². The minimum Gasteiger partial charge on any atom is -0.381 e. The Balaban J connectivity index is 1.60. The molecule has 1 amide bonds. The van der Waals surface area contributed by atoms with Crippen molar-refractivity contribution in [2.45, 2.75) is 32.7 Å². The predicted octanol–water partition coefficient (Wildman–Crippen LogP) is 2.79. The van der Waals surface area contributed by atoms with Gasteiger partial charge in [0, 0.05) is 60.8 Å². The first-order valence-electron chi connectivity index (χ1n) is 8.19. The van der Waals surface area contributed by atoms with Crippen molar-refractivity contribution >= 4 is 16.8 Å². The zero-order valence-electron chi connectivity index (χ0n) is 13.0. The maximum Gasteiger partial charge on any atom is 0.226 e. The van der Waals surface area contributed by atoms with Gasteiger partial charge in [0.05, 0.1) is 0 Å². The highest BCUT2D eigenvalue weighted by Gasteiger charge is 2.29. The minimum absolute atomic E-state index is 0.155. The summed E-state index contributed by atoms with van der Waals surface area (Å²) in [6.45, 7) is 5.13. The molecule has 1 fully saturated rings. The minimum atomic E-state index is 0.155. The smallest absolute Gasteiger partial charge is 0.226 e. The second-order valence-electron chi connectivity index (χ2n) is 6.53. The predicted molar refractivity (Wildman–Crippen MR) is 85.7 cm³/mol. The van der Waals surface area contributed by atoms with E-state index in [1.165, 1.54) is 27.7 Å². The molecule has 2 aliphatic rings. The van der Waals surface area contributed by atoms with Crippen molar-refractivity contribution in [3.63, 3.8) is 0 Å². The van der Waals surface area contributed by atoms with Crippen LogP contribution in [0.2, 0.25) is 0 Å². The Morgan fingerprint density at radius 1 is 1.32 bits per heavy atom. The van der Waals surface area contributed by atoms with Crippen LogP contribution in [-0.2, 0) is 22.5 Å². The number of fused-ring (bicyclic) bond motifs is 3. The van der Waals surface area contributed by atoms with Gasteiger partial charge in [0.15, 0.2) is 0 Å². The molecule has 22 heavy (non-hydrogen) atoms. The Labute approximate surface area is 130 Å². The number of aryl methyl sites for hydroxylation is 1. The molecule has 4 rings (SSSR count). The second-order valence-corrected chi connectivity index (χ2v) is 6.53. The number of carbonyl (C=O) groups excluding carboxylic acids is 1. The van der Waals surface area contributed by atoms with Crippen LogP contribution in [0.4, 0.5) is 0 Å². The number of carbonyl (C=O) groups is 1. The lowest BCUT2D eigenvalue weighted by molar-refractivity contribution is -0.139. The van der Waals surface area contributed by atoms with Crippen molar-refractivity contribution in [3.05, 3.63) is 35.0 Å². The van der Waals surface area contributed by atoms with E-state index in [1.54, 1.807) is 0 Å². The van der Waals surface area contributed by atoms with Crippen LogP contribution in [0.5, 0.6) is 0 Å². The van der Waals surface area contributed by atoms with E-state index >= 15 is 0 Å². The van der Waals surface area contributed by atoms with E-state index in [0.29, 0.717) is 5.91 Å². The first-order chi connectivity index (χ1) is 10.7. The molecule has 1 saturated heterocycles. The number of nitrogens with zero attached hydrogens (tertiary/aromatic N) is 1. The molecule has 0 saturated carbocycles. The summed E-state index contributed by atoms with van der Waals surface area (Å²) in [6, 6.07) is 6.52. The lowest BCUT2D eigenvalue weighted by atomic mass is 9.96. The number of benzene rings is 1. The normalized spacial score (nSPS) is 19.4. The van der Waals surface area contributed by atoms with Crippen LogP contribution in [0, 0.1) is 12.8 Å². The molecule has 0 bridgehead atoms. The zero-order chi connectivity index (χ0) is 15.1. The Hall–Kier alpha value is -1.81. The molecule has 116 valence electrons. The fourth-order valence-electron chi connectivity index (χ4n) is 3.73. The average molecular weight is 298 g/mol. The molecule has 0 aliphatic carbocycles. The summed E-state index contributed by atoms with van der Waals surface area (Å²) in [7, 11) is 0. The number of hydrogen-bond acceptors (Lipinski definition) is 2. The Kier molecular flexibility index (Phi) is 3.41. The molecule has 4 heteroatoms. The van der Waals surface area contributed by atoms with E-state index in [9.17, 15) is 4.79 Å². The molecular weight excluding hydrogens is 276 g/mol. The first-order valence-corrected chi connectivity index (χ1v) is 8.19. The molecule has 0 radical (unpaired) electrons. The quantitative estimate of drug-likeness (QED) is 0.880. The van der Waals surface area contributed by atoms with E-state index < -0.39 is 0 Å². The summed E-state index contributed by atoms with van der Waals surface area (Å²) in [6.07, 6.45) is 2.67. The SMILES string of the molecule is Cc1ccc2c3c([nH]c2c1)CCN(C(=O)C1CCOCC1)C3. The molecule has 0 spiro atoms. The summed E-state index contributed by atoms with van der Waals surface area (Å²) < 4.78 is 5.37. The van der Waals surface area contributed by atoms with Crippen LogP contribution in [-0.4, -0.2) is 35.5 Å². The van der Waals surface area contributed by atoms with Gasteiger partial charge in [-0.25, -0.2) is 0 Å². The summed E-state index contributed by atoms with van der Waals surface area (Å²) in [4.78, 5) is 18.3. The molecule has 1 N–H and O–H groups in total. The van der Waals surface area contributed by atoms with Gasteiger partial charge in [-0.1, -0.05) is 12.1 Å². The number of rotatable bonds is 1. The molecule has 0 atom stereocenters. The third-order valence-electron chi connectivity index (χ3n) is 5.01. The van der Waals surface area contributed by atoms with E-state index in [1.807, 2.05) is 4.90 Å². The second kappa shape index (κ2) is 5.43. The van der Waals surface area contributed by atoms with Gasteiger partial charge in [-0.2, -0.15) is 0 Å². The van der Waals surface area contributed by atoms with Gasteiger partial charge in [0.1, 0.15) is 0 Å². The van der Waals surface area contributed by atoms with Crippen LogP contribution < -0.4 is 0 Å². The third-order valence-corrected chi connectivity index (χ3v) is 5.01. The van der Waals surface area contributed by atoms with Crippen molar-refractivity contribution in [2.24, 2.45) is 5.92 Å². The zero-order valence-corrected chi connectivity index (χ0v) is 13.0. The Morgan fingerprint density at radius 2 is 2.14 bits per heavy atom. The van der Waals surface area contributed by atoms with Crippen LogP contribution >= 0.6 is 0 Å². The van der Waals surface area contributed by atoms with E-state index in [0.717, 1.165) is 45.6 Å². The molecule has 1 aromatic carbocycles. The van der Waals surface area contributed by atoms with Gasteiger partial charge >= 0.3 is 0 Å². The average Bonchev–Trinajstić information content (AvgIpc) is 2.91. The molecule has 4 nitrogen and oxygen atoms in total. The number of hydrogen-bond donors (Lipinski definition) is 1. The number of aromatic amines is 1. The number of nitrogens with one attached hydrogen (secondary N) is 1. The highest BCUT2D eigenvalue weighted by molar-refractivity contribution is 5.87. The lowest BCUT2D eigenvalue weighted by Gasteiger charge is -2.32. The maximum atomic E-state index is 12.7. The van der Waals surface area contributed by atoms with Gasteiger partial charge in [-0.15, -0.1) is 0 Å². The number of H-pyrrole nitrogens is 1. The summed E-state index contributed by atoms with van der Waals surface area (Å²) in [5, 5.41) is 1.27. The number of ether oxygens (including phenoxy) is 1. The third kappa shape index (κ3) is 2.31. The molecule has 1 aromatic heterocycles. The molecule has 0 unspecified atom stereocenters. The maximum absolute atomic E-state index is 12.7. The van der Waals surface area contributed by atoms with Gasteiger partial charge in [0.2, 0.25) is 5.91 Å². The van der Waals surface area contributed by atoms with E-state index in [-0.39, 0.29) is 5.92 Å². The van der Waals surface area contributed by atoms with Crippen LogP contribution in [0.1, 0.15) is 29.7 Å². The Bertz CT molecular complexity index is 713. The van der Waals surface area contributed by atoms with Gasteiger partial charge in [-0.3, -0.25) is 4.79 Å². The van der Waals surface area contributed by atoms with E-state index in [4.69, 9.17) is 4.74 Å². The van der Waals surface area contributed by atoms with Gasteiger partial charge in [-0.05, 0) is 31.4 Å². The highest BCUT2D eigenvalue weighted by atomic mass is 16.5. The van der Waals surface area contributed by atoms with Gasteiger partial charge < -0.3 is 14.6 Å².